The fraction of sp³-hybridized carbons (Fsp3) is 0. The minimum Gasteiger partial charge on any atom is -0.297 e. The first kappa shape index (κ1) is 16.5. The molecule has 7 heteroatoms. The molecule has 4 rings (SSSR count). The molecular weight excluding hydrogens is 344 g/mol. The van der Waals surface area contributed by atoms with E-state index in [-0.39, 0.29) is 11.3 Å². The number of carbonyl (C=O) groups excluding carboxylic acids is 1. The number of carbonyl (C=O) groups is 1. The molecule has 1 aromatic heterocycles. The first-order chi connectivity index (χ1) is 13.1. The molecule has 0 spiro atoms. The predicted octanol–water partition coefficient (Wildman–Crippen LogP) is 4.05. The van der Waals surface area contributed by atoms with Crippen LogP contribution in [0, 0.1) is 10.1 Å². The Labute approximate surface area is 153 Å². The number of nitrogens with one attached hydrogen (secondary N) is 2. The third kappa shape index (κ3) is 3.02. The molecule has 4 aromatic rings. The van der Waals surface area contributed by atoms with E-state index in [1.807, 2.05) is 48.5 Å². The molecule has 3 aromatic carbocycles. The molecule has 0 aliphatic carbocycles. The van der Waals surface area contributed by atoms with Gasteiger partial charge in [-0.2, -0.15) is 0 Å². The van der Waals surface area contributed by atoms with Crippen molar-refractivity contribution in [2.75, 3.05) is 5.43 Å². The van der Waals surface area contributed by atoms with Gasteiger partial charge in [0.25, 0.3) is 11.6 Å². The number of hydrazine groups is 1. The van der Waals surface area contributed by atoms with Crippen LogP contribution in [-0.4, -0.2) is 15.8 Å². The summed E-state index contributed by atoms with van der Waals surface area (Å²) in [5.74, 6) is -0.590. The van der Waals surface area contributed by atoms with E-state index in [1.165, 1.54) is 18.2 Å². The number of hydrogen-bond donors (Lipinski definition) is 2. The number of rotatable bonds is 4. The Morgan fingerprint density at radius 3 is 2.04 bits per heavy atom. The zero-order chi connectivity index (χ0) is 18.8. The van der Waals surface area contributed by atoms with Crippen molar-refractivity contribution in [3.63, 3.8) is 0 Å². The van der Waals surface area contributed by atoms with E-state index in [4.69, 9.17) is 0 Å². The van der Waals surface area contributed by atoms with Gasteiger partial charge in [-0.25, -0.2) is 4.98 Å². The summed E-state index contributed by atoms with van der Waals surface area (Å²) in [7, 11) is 0. The van der Waals surface area contributed by atoms with Crippen LogP contribution in [0.15, 0.2) is 72.8 Å². The van der Waals surface area contributed by atoms with Gasteiger partial charge in [0.05, 0.1) is 21.6 Å². The number of benzene rings is 3. The van der Waals surface area contributed by atoms with Crippen LogP contribution in [0.4, 0.5) is 11.4 Å². The van der Waals surface area contributed by atoms with Crippen LogP contribution in [-0.2, 0) is 0 Å². The van der Waals surface area contributed by atoms with Crippen LogP contribution >= 0.6 is 0 Å². The average molecular weight is 358 g/mol. The minimum absolute atomic E-state index is 0.0160. The third-order valence-electron chi connectivity index (χ3n) is 4.23. The normalized spacial score (nSPS) is 10.7. The van der Waals surface area contributed by atoms with E-state index >= 15 is 0 Å². The summed E-state index contributed by atoms with van der Waals surface area (Å²) in [4.78, 5) is 27.7. The van der Waals surface area contributed by atoms with Crippen molar-refractivity contribution >= 4 is 39.1 Å². The largest absolute Gasteiger partial charge is 0.297 e. The zero-order valence-electron chi connectivity index (χ0n) is 14.0. The van der Waals surface area contributed by atoms with Crippen molar-refractivity contribution in [1.29, 1.82) is 0 Å². The Balaban J connectivity index is 1.73. The SMILES string of the molecule is O=C(NNc1c2ccccc2nc2ccccc12)c1ccccc1[N+](=O)[O-]. The molecule has 27 heavy (non-hydrogen) atoms. The zero-order valence-corrected chi connectivity index (χ0v) is 14.0. The molecule has 0 aliphatic heterocycles. The number of nitro benzene ring substituents is 1. The van der Waals surface area contributed by atoms with E-state index in [0.29, 0.717) is 5.69 Å². The summed E-state index contributed by atoms with van der Waals surface area (Å²) < 4.78 is 0. The van der Waals surface area contributed by atoms with E-state index in [9.17, 15) is 14.9 Å². The summed E-state index contributed by atoms with van der Waals surface area (Å²) in [6, 6.07) is 20.9. The van der Waals surface area contributed by atoms with Gasteiger partial charge in [-0.1, -0.05) is 48.5 Å². The van der Waals surface area contributed by atoms with Gasteiger partial charge in [-0.05, 0) is 18.2 Å². The Hall–Kier alpha value is -4.00. The fourth-order valence-corrected chi connectivity index (χ4v) is 2.99. The maximum Gasteiger partial charge on any atom is 0.282 e. The number of aromatic nitrogens is 1. The molecule has 1 heterocycles. The maximum atomic E-state index is 12.5. The van der Waals surface area contributed by atoms with Gasteiger partial charge in [0.15, 0.2) is 0 Å². The van der Waals surface area contributed by atoms with E-state index < -0.39 is 10.8 Å². The average Bonchev–Trinajstić information content (AvgIpc) is 2.70. The van der Waals surface area contributed by atoms with Gasteiger partial charge in [0.1, 0.15) is 5.56 Å². The third-order valence-corrected chi connectivity index (χ3v) is 4.23. The Kier molecular flexibility index (Phi) is 4.10. The summed E-state index contributed by atoms with van der Waals surface area (Å²) >= 11 is 0. The number of para-hydroxylation sites is 3. The van der Waals surface area contributed by atoms with Crippen LogP contribution in [0.25, 0.3) is 21.8 Å². The highest BCUT2D eigenvalue weighted by molar-refractivity contribution is 6.08. The Bertz CT molecular complexity index is 1140. The maximum absolute atomic E-state index is 12.5. The summed E-state index contributed by atoms with van der Waals surface area (Å²) in [5.41, 5.74) is 7.48. The molecule has 0 radical (unpaired) electrons. The molecule has 1 amide bonds. The van der Waals surface area contributed by atoms with Crippen LogP contribution in [0.2, 0.25) is 0 Å². The van der Waals surface area contributed by atoms with Gasteiger partial charge >= 0.3 is 0 Å². The van der Waals surface area contributed by atoms with E-state index in [1.54, 1.807) is 6.07 Å². The Morgan fingerprint density at radius 2 is 1.41 bits per heavy atom. The van der Waals surface area contributed by atoms with Gasteiger partial charge in [0.2, 0.25) is 0 Å². The summed E-state index contributed by atoms with van der Waals surface area (Å²) in [6.45, 7) is 0. The first-order valence-corrected chi connectivity index (χ1v) is 8.22. The van der Waals surface area contributed by atoms with Crippen LogP contribution in [0.1, 0.15) is 10.4 Å². The number of fused-ring (bicyclic) bond motifs is 2. The van der Waals surface area contributed by atoms with Crippen molar-refractivity contribution in [2.24, 2.45) is 0 Å². The number of amides is 1. The van der Waals surface area contributed by atoms with Gasteiger partial charge in [-0.3, -0.25) is 25.8 Å². The molecule has 0 saturated carbocycles. The highest BCUT2D eigenvalue weighted by atomic mass is 16.6. The van der Waals surface area contributed by atoms with Crippen molar-refractivity contribution in [2.45, 2.75) is 0 Å². The molecule has 0 fully saturated rings. The summed E-state index contributed by atoms with van der Waals surface area (Å²) in [6.07, 6.45) is 0. The number of pyridine rings is 1. The van der Waals surface area contributed by atoms with Crippen LogP contribution in [0.5, 0.6) is 0 Å². The fourth-order valence-electron chi connectivity index (χ4n) is 2.99. The van der Waals surface area contributed by atoms with E-state index in [2.05, 4.69) is 15.8 Å². The molecule has 0 bridgehead atoms. The van der Waals surface area contributed by atoms with Gasteiger partial charge in [0, 0.05) is 16.8 Å². The topological polar surface area (TPSA) is 97.2 Å². The lowest BCUT2D eigenvalue weighted by Crippen LogP contribution is -2.30. The monoisotopic (exact) mass is 358 g/mol. The molecule has 0 unspecified atom stereocenters. The van der Waals surface area contributed by atoms with Gasteiger partial charge in [-0.15, -0.1) is 0 Å². The van der Waals surface area contributed by atoms with Crippen molar-refractivity contribution in [1.82, 2.24) is 10.4 Å². The lowest BCUT2D eigenvalue weighted by molar-refractivity contribution is -0.385. The lowest BCUT2D eigenvalue weighted by atomic mass is 10.1. The second kappa shape index (κ2) is 6.72. The highest BCUT2D eigenvalue weighted by Crippen LogP contribution is 2.30. The van der Waals surface area contributed by atoms with Crippen molar-refractivity contribution < 1.29 is 9.72 Å². The number of nitro groups is 1. The van der Waals surface area contributed by atoms with Crippen molar-refractivity contribution in [3.8, 4) is 0 Å². The first-order valence-electron chi connectivity index (χ1n) is 8.22. The number of nitrogens with zero attached hydrogens (tertiary/aromatic N) is 2. The minimum atomic E-state index is -0.590. The molecular formula is C20H14N4O3. The van der Waals surface area contributed by atoms with E-state index in [0.717, 1.165) is 21.8 Å². The molecule has 0 aliphatic rings. The van der Waals surface area contributed by atoms with Crippen molar-refractivity contribution in [3.05, 3.63) is 88.5 Å². The molecule has 0 atom stereocenters. The predicted molar refractivity (Wildman–Crippen MR) is 103 cm³/mol. The Morgan fingerprint density at radius 1 is 0.852 bits per heavy atom. The van der Waals surface area contributed by atoms with Gasteiger partial charge < -0.3 is 0 Å². The highest BCUT2D eigenvalue weighted by Gasteiger charge is 2.19. The second-order valence-corrected chi connectivity index (χ2v) is 5.87. The molecule has 132 valence electrons. The second-order valence-electron chi connectivity index (χ2n) is 5.87. The standard InChI is InChI=1S/C20H14N4O3/c25-20(15-9-3-6-12-18(15)24(26)27)23-22-19-13-7-1-4-10-16(13)21-17-11-5-2-8-14(17)19/h1-12H,(H,21,22)(H,23,25). The number of anilines is 1. The smallest absolute Gasteiger partial charge is 0.282 e. The molecule has 7 nitrogen and oxygen atoms in total. The van der Waals surface area contributed by atoms with Crippen LogP contribution in [0.3, 0.4) is 0 Å². The lowest BCUT2D eigenvalue weighted by Gasteiger charge is -2.14. The molecule has 2 N–H and O–H groups in total. The van der Waals surface area contributed by atoms with Crippen LogP contribution < -0.4 is 10.9 Å². The molecule has 0 saturated heterocycles. The quantitative estimate of drug-likeness (QED) is 0.326. The number of hydrogen-bond acceptors (Lipinski definition) is 5. The summed E-state index contributed by atoms with van der Waals surface area (Å²) in [5, 5.41) is 12.8.